The average Bonchev–Trinajstić information content (AvgIpc) is 2.84. The predicted octanol–water partition coefficient (Wildman–Crippen LogP) is 3.07. The van der Waals surface area contributed by atoms with Crippen molar-refractivity contribution in [2.75, 3.05) is 13.1 Å². The van der Waals surface area contributed by atoms with Crippen molar-refractivity contribution >= 4 is 21.8 Å². The number of rotatable bonds is 6. The zero-order chi connectivity index (χ0) is 24.3. The highest BCUT2D eigenvalue weighted by Crippen LogP contribution is 2.34. The molecule has 1 atom stereocenters. The van der Waals surface area contributed by atoms with Gasteiger partial charge in [-0.3, -0.25) is 9.59 Å². The number of hydrogen-bond acceptors (Lipinski definition) is 4. The lowest BCUT2D eigenvalue weighted by atomic mass is 9.87. The summed E-state index contributed by atoms with van der Waals surface area (Å²) in [4.78, 5) is 28.7. The van der Waals surface area contributed by atoms with E-state index in [0.29, 0.717) is 5.56 Å². The van der Waals surface area contributed by atoms with E-state index in [1.807, 2.05) is 0 Å². The molecule has 9 heteroatoms. The van der Waals surface area contributed by atoms with Crippen molar-refractivity contribution in [1.29, 1.82) is 0 Å². The molecule has 7 nitrogen and oxygen atoms in total. The molecule has 2 fully saturated rings. The Kier molecular flexibility index (Phi) is 7.04. The van der Waals surface area contributed by atoms with Crippen molar-refractivity contribution in [3.63, 3.8) is 0 Å². The third-order valence-corrected chi connectivity index (χ3v) is 8.58. The van der Waals surface area contributed by atoms with Gasteiger partial charge >= 0.3 is 0 Å². The van der Waals surface area contributed by atoms with Gasteiger partial charge in [0.1, 0.15) is 11.4 Å². The fourth-order valence-corrected chi connectivity index (χ4v) is 6.49. The Morgan fingerprint density at radius 3 is 2.35 bits per heavy atom. The molecule has 1 heterocycles. The van der Waals surface area contributed by atoms with Crippen LogP contribution in [0, 0.1) is 5.82 Å². The third-order valence-electron chi connectivity index (χ3n) is 6.77. The normalized spacial score (nSPS) is 22.5. The fourth-order valence-electron chi connectivity index (χ4n) is 4.99. The van der Waals surface area contributed by atoms with Crippen LogP contribution in [0.4, 0.5) is 4.39 Å². The lowest BCUT2D eigenvalue weighted by Gasteiger charge is -2.51. The van der Waals surface area contributed by atoms with E-state index in [1.165, 1.54) is 24.3 Å². The van der Waals surface area contributed by atoms with Crippen molar-refractivity contribution in [2.45, 2.75) is 62.0 Å². The highest BCUT2D eigenvalue weighted by molar-refractivity contribution is 7.89. The van der Waals surface area contributed by atoms with Crippen LogP contribution in [0.1, 0.15) is 44.6 Å². The molecule has 0 radical (unpaired) electrons. The van der Waals surface area contributed by atoms with Crippen LogP contribution in [-0.2, 0) is 26.2 Å². The van der Waals surface area contributed by atoms with Crippen molar-refractivity contribution in [1.82, 2.24) is 14.5 Å². The summed E-state index contributed by atoms with van der Waals surface area (Å²) in [5.41, 5.74) is -0.669. The van der Waals surface area contributed by atoms with Crippen LogP contribution >= 0.6 is 0 Å². The largest absolute Gasteiger partial charge is 0.350 e. The summed E-state index contributed by atoms with van der Waals surface area (Å²) in [6, 6.07) is 13.6. The second-order valence-electron chi connectivity index (χ2n) is 9.22. The zero-order valence-corrected chi connectivity index (χ0v) is 20.1. The Bertz CT molecular complexity index is 1130. The molecule has 1 aliphatic heterocycles. The van der Waals surface area contributed by atoms with Crippen LogP contribution in [-0.4, -0.2) is 54.1 Å². The summed E-state index contributed by atoms with van der Waals surface area (Å²) in [5.74, 6) is -1.16. The summed E-state index contributed by atoms with van der Waals surface area (Å²) in [6.45, 7) is 1.36. The topological polar surface area (TPSA) is 86.8 Å². The summed E-state index contributed by atoms with van der Waals surface area (Å²) in [7, 11) is -3.96. The van der Waals surface area contributed by atoms with E-state index in [0.717, 1.165) is 36.4 Å². The zero-order valence-electron chi connectivity index (χ0n) is 19.2. The molecule has 1 saturated heterocycles. The molecule has 182 valence electrons. The smallest absolute Gasteiger partial charge is 0.247 e. The van der Waals surface area contributed by atoms with E-state index >= 15 is 0 Å². The molecule has 0 spiro atoms. The van der Waals surface area contributed by atoms with Crippen LogP contribution in [0.15, 0.2) is 59.5 Å². The molecule has 2 amide bonds. The van der Waals surface area contributed by atoms with Crippen LogP contribution in [0.3, 0.4) is 0 Å². The number of nitrogens with one attached hydrogen (secondary N) is 1. The maximum atomic E-state index is 13.6. The van der Waals surface area contributed by atoms with E-state index in [4.69, 9.17) is 0 Å². The first kappa shape index (κ1) is 24.3. The fraction of sp³-hybridized carbons (Fsp3) is 0.440. The Labute approximate surface area is 200 Å². The number of nitrogens with zero attached hydrogens (tertiary/aromatic N) is 2. The van der Waals surface area contributed by atoms with Crippen molar-refractivity contribution in [3.05, 3.63) is 66.0 Å². The van der Waals surface area contributed by atoms with E-state index in [2.05, 4.69) is 5.32 Å². The quantitative estimate of drug-likeness (QED) is 0.679. The molecule has 0 bridgehead atoms. The molecule has 2 aromatic carbocycles. The monoisotopic (exact) mass is 487 g/mol. The van der Waals surface area contributed by atoms with Crippen molar-refractivity contribution in [2.24, 2.45) is 0 Å². The van der Waals surface area contributed by atoms with Gasteiger partial charge in [-0.05, 0) is 49.6 Å². The molecule has 0 aromatic heterocycles. The minimum atomic E-state index is -3.96. The lowest BCUT2D eigenvalue weighted by Crippen LogP contribution is -2.71. The van der Waals surface area contributed by atoms with Crippen LogP contribution < -0.4 is 5.32 Å². The standard InChI is InChI=1S/C25H30FN3O4S/c1-25(24(31)27-16-19-12-14-20(26)15-13-19)18-28(34(32,33)22-10-6-3-7-11-22)17-23(30)29(25)21-8-4-2-5-9-21/h3,6-7,10-15,21H,2,4-5,8-9,16-18H2,1H3,(H,27,31)/t25-/m0/s1. The van der Waals surface area contributed by atoms with Gasteiger partial charge in [0, 0.05) is 19.1 Å². The second kappa shape index (κ2) is 9.84. The third kappa shape index (κ3) is 4.86. The molecule has 34 heavy (non-hydrogen) atoms. The average molecular weight is 488 g/mol. The van der Waals surface area contributed by atoms with Gasteiger partial charge in [-0.1, -0.05) is 49.6 Å². The minimum Gasteiger partial charge on any atom is -0.350 e. The van der Waals surface area contributed by atoms with Crippen LogP contribution in [0.5, 0.6) is 0 Å². The second-order valence-corrected chi connectivity index (χ2v) is 11.2. The first-order valence-electron chi connectivity index (χ1n) is 11.6. The first-order chi connectivity index (χ1) is 16.2. The number of benzene rings is 2. The van der Waals surface area contributed by atoms with E-state index in [-0.39, 0.29) is 42.3 Å². The lowest BCUT2D eigenvalue weighted by molar-refractivity contribution is -0.157. The van der Waals surface area contributed by atoms with Gasteiger partial charge in [0.05, 0.1) is 11.4 Å². The number of hydrogen-bond donors (Lipinski definition) is 1. The Hall–Kier alpha value is -2.78. The Balaban J connectivity index is 1.63. The number of amides is 2. The van der Waals surface area contributed by atoms with Gasteiger partial charge in [0.15, 0.2) is 0 Å². The molecule has 1 N–H and O–H groups in total. The number of piperazine rings is 1. The van der Waals surface area contributed by atoms with Crippen molar-refractivity contribution < 1.29 is 22.4 Å². The molecule has 1 aliphatic carbocycles. The van der Waals surface area contributed by atoms with E-state index in [1.54, 1.807) is 42.2 Å². The van der Waals surface area contributed by atoms with Gasteiger partial charge in [0.2, 0.25) is 21.8 Å². The molecule has 1 saturated carbocycles. The van der Waals surface area contributed by atoms with Crippen molar-refractivity contribution in [3.8, 4) is 0 Å². The molecular weight excluding hydrogens is 457 g/mol. The van der Waals surface area contributed by atoms with E-state index in [9.17, 15) is 22.4 Å². The first-order valence-corrected chi connectivity index (χ1v) is 13.1. The number of halogens is 1. The molecule has 2 aliphatic rings. The highest BCUT2D eigenvalue weighted by atomic mass is 32.2. The maximum Gasteiger partial charge on any atom is 0.247 e. The molecular formula is C25H30FN3O4S. The van der Waals surface area contributed by atoms with Gasteiger partial charge in [-0.25, -0.2) is 12.8 Å². The predicted molar refractivity (Wildman–Crippen MR) is 126 cm³/mol. The number of carbonyl (C=O) groups excluding carboxylic acids is 2. The molecule has 4 rings (SSSR count). The number of carbonyl (C=O) groups is 2. The minimum absolute atomic E-state index is 0.0861. The molecule has 0 unspecified atom stereocenters. The molecule has 2 aromatic rings. The van der Waals surface area contributed by atoms with Crippen LogP contribution in [0.2, 0.25) is 0 Å². The summed E-state index contributed by atoms with van der Waals surface area (Å²) >= 11 is 0. The van der Waals surface area contributed by atoms with Gasteiger partial charge in [-0.2, -0.15) is 4.31 Å². The van der Waals surface area contributed by atoms with E-state index < -0.39 is 21.5 Å². The Morgan fingerprint density at radius 1 is 1.06 bits per heavy atom. The number of sulfonamides is 1. The highest BCUT2D eigenvalue weighted by Gasteiger charge is 2.52. The SMILES string of the molecule is C[C@@]1(C(=O)NCc2ccc(F)cc2)CN(S(=O)(=O)c2ccccc2)CC(=O)N1C1CCCCC1. The Morgan fingerprint density at radius 2 is 1.71 bits per heavy atom. The van der Waals surface area contributed by atoms with Gasteiger partial charge in [-0.15, -0.1) is 0 Å². The summed E-state index contributed by atoms with van der Waals surface area (Å²) < 4.78 is 41.0. The van der Waals surface area contributed by atoms with Gasteiger partial charge < -0.3 is 10.2 Å². The maximum absolute atomic E-state index is 13.6. The summed E-state index contributed by atoms with van der Waals surface area (Å²) in [6.07, 6.45) is 4.60. The van der Waals surface area contributed by atoms with Gasteiger partial charge in [0.25, 0.3) is 0 Å². The van der Waals surface area contributed by atoms with Crippen LogP contribution in [0.25, 0.3) is 0 Å². The summed E-state index contributed by atoms with van der Waals surface area (Å²) in [5, 5.41) is 2.85.